The lowest BCUT2D eigenvalue weighted by molar-refractivity contribution is -0.152. The van der Waals surface area contributed by atoms with Crippen LogP contribution in [0.5, 0.6) is 5.75 Å². The molecule has 2 heterocycles. The Morgan fingerprint density at radius 3 is 2.75 bits per heavy atom. The van der Waals surface area contributed by atoms with E-state index in [0.29, 0.717) is 19.6 Å². The maximum absolute atomic E-state index is 12.4. The molecule has 1 aliphatic heterocycles. The van der Waals surface area contributed by atoms with Gasteiger partial charge in [0.05, 0.1) is 18.5 Å². The lowest BCUT2D eigenvalue weighted by atomic mass is 9.85. The van der Waals surface area contributed by atoms with E-state index in [-0.39, 0.29) is 12.3 Å². The van der Waals surface area contributed by atoms with E-state index in [1.165, 1.54) is 11.3 Å². The number of benzene rings is 1. The number of carboxylic acids is 1. The van der Waals surface area contributed by atoms with Gasteiger partial charge in [0.15, 0.2) is 0 Å². The fourth-order valence-corrected chi connectivity index (χ4v) is 3.80. The summed E-state index contributed by atoms with van der Waals surface area (Å²) in [6, 6.07) is 10.9. The van der Waals surface area contributed by atoms with Crippen molar-refractivity contribution in [1.82, 2.24) is 4.90 Å². The van der Waals surface area contributed by atoms with Gasteiger partial charge < -0.3 is 14.7 Å². The molecule has 0 radical (unpaired) electrons. The summed E-state index contributed by atoms with van der Waals surface area (Å²) in [6.07, 6.45) is 0.646. The quantitative estimate of drug-likeness (QED) is 0.873. The van der Waals surface area contributed by atoms with Crippen molar-refractivity contribution in [2.75, 3.05) is 13.2 Å². The number of piperidine rings is 1. The van der Waals surface area contributed by atoms with Crippen LogP contribution in [0.3, 0.4) is 0 Å². The third-order valence-corrected chi connectivity index (χ3v) is 4.95. The number of hydrogen-bond donors (Lipinski definition) is 1. The number of thiophene rings is 1. The number of amides is 1. The van der Waals surface area contributed by atoms with Gasteiger partial charge in [-0.3, -0.25) is 9.59 Å². The van der Waals surface area contributed by atoms with E-state index in [4.69, 9.17) is 4.74 Å². The van der Waals surface area contributed by atoms with Crippen molar-refractivity contribution in [2.45, 2.75) is 18.9 Å². The zero-order valence-corrected chi connectivity index (χ0v) is 13.9. The molecule has 1 aromatic heterocycles. The van der Waals surface area contributed by atoms with E-state index >= 15 is 0 Å². The normalized spacial score (nSPS) is 20.8. The number of para-hydroxylation sites is 1. The number of nitrogens with zero attached hydrogens (tertiary/aromatic N) is 1. The predicted molar refractivity (Wildman–Crippen MR) is 91.1 cm³/mol. The van der Waals surface area contributed by atoms with Crippen LogP contribution in [0.2, 0.25) is 0 Å². The van der Waals surface area contributed by atoms with Gasteiger partial charge in [0, 0.05) is 6.42 Å². The van der Waals surface area contributed by atoms with Crippen LogP contribution in [-0.4, -0.2) is 35.0 Å². The number of rotatable bonds is 6. The van der Waals surface area contributed by atoms with Gasteiger partial charge in [-0.2, -0.15) is 11.3 Å². The molecule has 1 saturated heterocycles. The number of likely N-dealkylation sites (tertiary alicyclic amines) is 1. The van der Waals surface area contributed by atoms with Gasteiger partial charge in [0.1, 0.15) is 12.4 Å². The molecule has 1 amide bonds. The molecule has 24 heavy (non-hydrogen) atoms. The first-order chi connectivity index (χ1) is 11.7. The average Bonchev–Trinajstić information content (AvgIpc) is 3.11. The van der Waals surface area contributed by atoms with Crippen LogP contribution in [-0.2, 0) is 9.59 Å². The van der Waals surface area contributed by atoms with E-state index in [1.54, 1.807) is 4.90 Å². The van der Waals surface area contributed by atoms with Crippen molar-refractivity contribution in [3.8, 4) is 5.75 Å². The molecule has 1 fully saturated rings. The van der Waals surface area contributed by atoms with Crippen molar-refractivity contribution in [3.63, 3.8) is 0 Å². The topological polar surface area (TPSA) is 66.8 Å². The summed E-state index contributed by atoms with van der Waals surface area (Å²) in [5, 5.41) is 13.4. The maximum atomic E-state index is 12.4. The van der Waals surface area contributed by atoms with Crippen molar-refractivity contribution < 1.29 is 19.4 Å². The Bertz CT molecular complexity index is 686. The number of carbonyl (C=O) groups is 2. The van der Waals surface area contributed by atoms with Crippen molar-refractivity contribution >= 4 is 23.2 Å². The highest BCUT2D eigenvalue weighted by atomic mass is 32.1. The van der Waals surface area contributed by atoms with Gasteiger partial charge in [-0.25, -0.2) is 0 Å². The lowest BCUT2D eigenvalue weighted by Crippen LogP contribution is -2.46. The van der Waals surface area contributed by atoms with Crippen LogP contribution in [0, 0.1) is 5.92 Å². The molecule has 5 nitrogen and oxygen atoms in total. The molecular formula is C18H19NO4S. The summed E-state index contributed by atoms with van der Waals surface area (Å²) in [4.78, 5) is 25.7. The molecule has 2 atom stereocenters. The molecule has 1 aromatic carbocycles. The molecule has 0 unspecified atom stereocenters. The van der Waals surface area contributed by atoms with Crippen molar-refractivity contribution in [3.05, 3.63) is 52.7 Å². The molecule has 0 saturated carbocycles. The first kappa shape index (κ1) is 16.5. The van der Waals surface area contributed by atoms with E-state index in [1.807, 2.05) is 47.2 Å². The number of carboxylic acid groups (broad SMARTS) is 1. The van der Waals surface area contributed by atoms with Crippen LogP contribution in [0.4, 0.5) is 0 Å². The second-order valence-electron chi connectivity index (χ2n) is 5.73. The highest BCUT2D eigenvalue weighted by Crippen LogP contribution is 2.37. The molecule has 0 spiro atoms. The standard InChI is InChI=1S/C18H19NO4S/c20-16-7-6-15(18(21)22)17(13-8-11-24-12-13)19(16)9-10-23-14-4-2-1-3-5-14/h1-5,8,11-12,15,17H,6-7,9-10H2,(H,21,22)/t15-,17-/m0/s1. The van der Waals surface area contributed by atoms with Gasteiger partial charge in [-0.15, -0.1) is 0 Å². The van der Waals surface area contributed by atoms with E-state index in [9.17, 15) is 14.7 Å². The molecular weight excluding hydrogens is 326 g/mol. The monoisotopic (exact) mass is 345 g/mol. The van der Waals surface area contributed by atoms with Crippen molar-refractivity contribution in [2.24, 2.45) is 5.92 Å². The van der Waals surface area contributed by atoms with Crippen LogP contribution in [0.15, 0.2) is 47.2 Å². The second kappa shape index (κ2) is 7.49. The zero-order valence-electron chi connectivity index (χ0n) is 13.1. The zero-order chi connectivity index (χ0) is 16.9. The van der Waals surface area contributed by atoms with Gasteiger partial charge in [0.25, 0.3) is 0 Å². The summed E-state index contributed by atoms with van der Waals surface area (Å²) in [5.41, 5.74) is 0.889. The molecule has 126 valence electrons. The maximum Gasteiger partial charge on any atom is 0.308 e. The van der Waals surface area contributed by atoms with Crippen LogP contribution < -0.4 is 4.74 Å². The van der Waals surface area contributed by atoms with E-state index in [0.717, 1.165) is 11.3 Å². The fraction of sp³-hybridized carbons (Fsp3) is 0.333. The number of hydrogen-bond acceptors (Lipinski definition) is 4. The minimum Gasteiger partial charge on any atom is -0.492 e. The van der Waals surface area contributed by atoms with Gasteiger partial charge >= 0.3 is 5.97 Å². The minimum absolute atomic E-state index is 0.0136. The molecule has 6 heteroatoms. The SMILES string of the molecule is O=C(O)[C@H]1CCC(=O)N(CCOc2ccccc2)[C@H]1c1ccsc1. The first-order valence-electron chi connectivity index (χ1n) is 7.89. The predicted octanol–water partition coefficient (Wildman–Crippen LogP) is 3.19. The smallest absolute Gasteiger partial charge is 0.308 e. The Hall–Kier alpha value is -2.34. The summed E-state index contributed by atoms with van der Waals surface area (Å²) >= 11 is 1.51. The van der Waals surface area contributed by atoms with Gasteiger partial charge in [-0.05, 0) is 40.9 Å². The largest absolute Gasteiger partial charge is 0.492 e. The molecule has 1 N–H and O–H groups in total. The summed E-state index contributed by atoms with van der Waals surface area (Å²) < 4.78 is 5.68. The van der Waals surface area contributed by atoms with Crippen molar-refractivity contribution in [1.29, 1.82) is 0 Å². The third kappa shape index (κ3) is 3.59. The third-order valence-electron chi connectivity index (χ3n) is 4.25. The highest BCUT2D eigenvalue weighted by molar-refractivity contribution is 7.08. The van der Waals surface area contributed by atoms with Crippen LogP contribution in [0.25, 0.3) is 0 Å². The highest BCUT2D eigenvalue weighted by Gasteiger charge is 2.40. The van der Waals surface area contributed by atoms with E-state index in [2.05, 4.69) is 0 Å². The summed E-state index contributed by atoms with van der Waals surface area (Å²) in [7, 11) is 0. The molecule has 2 aromatic rings. The molecule has 0 bridgehead atoms. The number of ether oxygens (including phenoxy) is 1. The molecule has 3 rings (SSSR count). The van der Waals surface area contributed by atoms with Crippen LogP contribution in [0.1, 0.15) is 24.4 Å². The second-order valence-corrected chi connectivity index (χ2v) is 6.51. The average molecular weight is 345 g/mol. The summed E-state index contributed by atoms with van der Waals surface area (Å²) in [6.45, 7) is 0.709. The van der Waals surface area contributed by atoms with E-state index < -0.39 is 17.9 Å². The Balaban J connectivity index is 1.74. The van der Waals surface area contributed by atoms with Gasteiger partial charge in [-0.1, -0.05) is 18.2 Å². The molecule has 1 aliphatic rings. The lowest BCUT2D eigenvalue weighted by Gasteiger charge is -2.39. The molecule has 0 aliphatic carbocycles. The number of aliphatic carboxylic acids is 1. The summed E-state index contributed by atoms with van der Waals surface area (Å²) in [5.74, 6) is -0.703. The first-order valence-corrected chi connectivity index (χ1v) is 8.83. The van der Waals surface area contributed by atoms with Gasteiger partial charge in [0.2, 0.25) is 5.91 Å². The number of carbonyl (C=O) groups excluding carboxylic acids is 1. The minimum atomic E-state index is -0.854. The Kier molecular flexibility index (Phi) is 5.15. The Morgan fingerprint density at radius 1 is 1.29 bits per heavy atom. The Labute approximate surface area is 144 Å². The van der Waals surface area contributed by atoms with Crippen LogP contribution >= 0.6 is 11.3 Å². The fourth-order valence-electron chi connectivity index (χ4n) is 3.11. The Morgan fingerprint density at radius 2 is 2.08 bits per heavy atom.